The predicted octanol–water partition coefficient (Wildman–Crippen LogP) is 1.83. The highest BCUT2D eigenvalue weighted by molar-refractivity contribution is 5.85. The highest BCUT2D eigenvalue weighted by Gasteiger charge is 2.58. The second-order valence-corrected chi connectivity index (χ2v) is 8.47. The zero-order valence-corrected chi connectivity index (χ0v) is 14.8. The van der Waals surface area contributed by atoms with E-state index >= 15 is 0 Å². The summed E-state index contributed by atoms with van der Waals surface area (Å²) in [6.45, 7) is 2.07. The Labute approximate surface area is 152 Å². The molecule has 2 saturated carbocycles. The minimum atomic E-state index is -0.710. The van der Waals surface area contributed by atoms with Crippen molar-refractivity contribution in [3.63, 3.8) is 0 Å². The molecule has 6 nitrogen and oxygen atoms in total. The molecule has 1 unspecified atom stereocenters. The summed E-state index contributed by atoms with van der Waals surface area (Å²) in [6.07, 6.45) is 3.09. The van der Waals surface area contributed by atoms with Crippen LogP contribution in [0.15, 0.2) is 18.2 Å². The molecular formula is C20H26NO5. The Kier molecular flexibility index (Phi) is 4.25. The fraction of sp³-hybridized carbons (Fsp3) is 0.600. The number of aliphatic hydroxyl groups excluding tert-OH is 2. The van der Waals surface area contributed by atoms with Gasteiger partial charge >= 0.3 is 0 Å². The van der Waals surface area contributed by atoms with Crippen LogP contribution >= 0.6 is 0 Å². The average Bonchev–Trinajstić information content (AvgIpc) is 2.85. The molecule has 1 radical (unpaired) electrons. The molecule has 2 fully saturated rings. The van der Waals surface area contributed by atoms with E-state index in [-0.39, 0.29) is 28.9 Å². The van der Waals surface area contributed by atoms with Crippen LogP contribution in [0.2, 0.25) is 0 Å². The molecule has 0 bridgehead atoms. The molecule has 7 atom stereocenters. The topological polar surface area (TPSA) is 110 Å². The molecule has 0 spiro atoms. The second kappa shape index (κ2) is 6.22. The van der Waals surface area contributed by atoms with Gasteiger partial charge in [-0.3, -0.25) is 10.0 Å². The van der Waals surface area contributed by atoms with Crippen LogP contribution in [0, 0.1) is 23.7 Å². The summed E-state index contributed by atoms with van der Waals surface area (Å²) < 4.78 is 0. The highest BCUT2D eigenvalue weighted by atomic mass is 16.5. The van der Waals surface area contributed by atoms with Crippen LogP contribution in [-0.4, -0.2) is 38.6 Å². The van der Waals surface area contributed by atoms with E-state index in [0.717, 1.165) is 24.0 Å². The standard InChI is InChI=1S/C20H26NO5/c1-20-5-4-13-12-3-2-11(22)8-14(12)10(7-18(24)21-26)6-15(13)16(20)9-17(23)19(20)25/h2-3,7-8,10,13,15-17,19,22-23,25-26H,4-6,9H2,1H3,(H,21,24)/t10?,13-,15-,16+,17-,19+,20+/m1/s1. The SMILES string of the molecule is C[C@]12CC[C@@H]3c4ccc(O)cc4C([CH]C(=O)NO)C[C@H]3[C@@H]1C[C@@H](O)[C@@H]2O. The van der Waals surface area contributed by atoms with Gasteiger partial charge in [-0.25, -0.2) is 5.48 Å². The summed E-state index contributed by atoms with van der Waals surface area (Å²) in [5.41, 5.74) is 3.41. The van der Waals surface area contributed by atoms with Gasteiger partial charge in [0.05, 0.1) is 18.6 Å². The summed E-state index contributed by atoms with van der Waals surface area (Å²) >= 11 is 0. The molecule has 0 aromatic heterocycles. The lowest BCUT2D eigenvalue weighted by Crippen LogP contribution is -2.45. The van der Waals surface area contributed by atoms with Crippen molar-refractivity contribution < 1.29 is 25.3 Å². The molecule has 26 heavy (non-hydrogen) atoms. The first-order valence-corrected chi connectivity index (χ1v) is 9.33. The van der Waals surface area contributed by atoms with E-state index in [2.05, 4.69) is 6.92 Å². The molecule has 1 aromatic rings. The minimum absolute atomic E-state index is 0.164. The van der Waals surface area contributed by atoms with Crippen molar-refractivity contribution >= 4 is 5.91 Å². The van der Waals surface area contributed by atoms with Crippen LogP contribution in [0.25, 0.3) is 0 Å². The first kappa shape index (κ1) is 17.8. The zero-order valence-electron chi connectivity index (χ0n) is 14.8. The van der Waals surface area contributed by atoms with Crippen molar-refractivity contribution in [3.8, 4) is 5.75 Å². The van der Waals surface area contributed by atoms with Crippen molar-refractivity contribution in [2.24, 2.45) is 17.3 Å². The summed E-state index contributed by atoms with van der Waals surface area (Å²) in [4.78, 5) is 11.8. The number of hydroxylamine groups is 1. The van der Waals surface area contributed by atoms with Gasteiger partial charge in [0, 0.05) is 0 Å². The first-order valence-electron chi connectivity index (χ1n) is 9.33. The largest absolute Gasteiger partial charge is 0.508 e. The number of benzene rings is 1. The van der Waals surface area contributed by atoms with Gasteiger partial charge in [0.25, 0.3) is 0 Å². The van der Waals surface area contributed by atoms with Crippen LogP contribution in [-0.2, 0) is 4.79 Å². The number of phenols is 1. The molecule has 6 heteroatoms. The number of rotatable bonds is 2. The Morgan fingerprint density at radius 1 is 1.27 bits per heavy atom. The Bertz CT molecular complexity index is 722. The maximum absolute atomic E-state index is 11.8. The fourth-order valence-electron chi connectivity index (χ4n) is 6.01. The number of nitrogens with one attached hydrogen (secondary N) is 1. The van der Waals surface area contributed by atoms with Gasteiger partial charge in [-0.15, -0.1) is 0 Å². The van der Waals surface area contributed by atoms with Gasteiger partial charge in [0.15, 0.2) is 0 Å². The Morgan fingerprint density at radius 3 is 2.77 bits per heavy atom. The number of aliphatic hydroxyl groups is 2. The number of amides is 1. The number of carbonyl (C=O) groups is 1. The normalized spacial score (nSPS) is 41.1. The highest BCUT2D eigenvalue weighted by Crippen LogP contribution is 2.62. The van der Waals surface area contributed by atoms with E-state index in [4.69, 9.17) is 5.21 Å². The van der Waals surface area contributed by atoms with Gasteiger partial charge in [0.2, 0.25) is 5.91 Å². The number of aromatic hydroxyl groups is 1. The molecule has 141 valence electrons. The third-order valence-corrected chi connectivity index (χ3v) is 7.27. The van der Waals surface area contributed by atoms with Crippen LogP contribution in [0.1, 0.15) is 55.6 Å². The quantitative estimate of drug-likeness (QED) is 0.408. The second-order valence-electron chi connectivity index (χ2n) is 8.47. The van der Waals surface area contributed by atoms with E-state index < -0.39 is 18.1 Å². The lowest BCUT2D eigenvalue weighted by molar-refractivity contribution is -0.126. The van der Waals surface area contributed by atoms with Gasteiger partial charge < -0.3 is 15.3 Å². The van der Waals surface area contributed by atoms with Crippen LogP contribution in [0.3, 0.4) is 0 Å². The Morgan fingerprint density at radius 2 is 2.04 bits per heavy atom. The predicted molar refractivity (Wildman–Crippen MR) is 93.4 cm³/mol. The van der Waals surface area contributed by atoms with E-state index in [1.54, 1.807) is 17.6 Å². The van der Waals surface area contributed by atoms with Gasteiger partial charge in [0.1, 0.15) is 5.75 Å². The Hall–Kier alpha value is -1.63. The van der Waals surface area contributed by atoms with Crippen LogP contribution < -0.4 is 5.48 Å². The molecule has 0 saturated heterocycles. The first-order chi connectivity index (χ1) is 12.3. The monoisotopic (exact) mass is 360 g/mol. The number of hydrogen-bond donors (Lipinski definition) is 5. The summed E-state index contributed by atoms with van der Waals surface area (Å²) in [6, 6.07) is 5.32. The molecule has 0 heterocycles. The van der Waals surface area contributed by atoms with E-state index in [0.29, 0.717) is 18.8 Å². The van der Waals surface area contributed by atoms with Gasteiger partial charge in [-0.2, -0.15) is 0 Å². The average molecular weight is 360 g/mol. The van der Waals surface area contributed by atoms with Crippen molar-refractivity contribution in [1.82, 2.24) is 5.48 Å². The van der Waals surface area contributed by atoms with Crippen molar-refractivity contribution in [1.29, 1.82) is 0 Å². The zero-order chi connectivity index (χ0) is 18.6. The van der Waals surface area contributed by atoms with Gasteiger partial charge in [-0.1, -0.05) is 13.0 Å². The minimum Gasteiger partial charge on any atom is -0.508 e. The molecule has 1 amide bonds. The van der Waals surface area contributed by atoms with E-state index in [9.17, 15) is 20.1 Å². The van der Waals surface area contributed by atoms with Crippen molar-refractivity contribution in [2.45, 2.75) is 56.7 Å². The molecule has 3 aliphatic rings. The number of phenolic OH excluding ortho intramolecular Hbond substituents is 1. The summed E-state index contributed by atoms with van der Waals surface area (Å²) in [5.74, 6) is 0.0996. The molecule has 1 aromatic carbocycles. The van der Waals surface area contributed by atoms with Crippen molar-refractivity contribution in [3.05, 3.63) is 35.7 Å². The molecule has 0 aliphatic heterocycles. The van der Waals surface area contributed by atoms with E-state index in [1.807, 2.05) is 6.07 Å². The third kappa shape index (κ3) is 2.54. The van der Waals surface area contributed by atoms with E-state index in [1.165, 1.54) is 6.42 Å². The molecular weight excluding hydrogens is 334 g/mol. The third-order valence-electron chi connectivity index (χ3n) is 7.27. The summed E-state index contributed by atoms with van der Waals surface area (Å²) in [5, 5.41) is 39.7. The van der Waals surface area contributed by atoms with Crippen LogP contribution in [0.5, 0.6) is 5.75 Å². The van der Waals surface area contributed by atoms with Gasteiger partial charge in [-0.05, 0) is 78.0 Å². The Balaban J connectivity index is 1.73. The fourth-order valence-corrected chi connectivity index (χ4v) is 6.01. The molecule has 3 aliphatic carbocycles. The molecule has 4 rings (SSSR count). The smallest absolute Gasteiger partial charge is 0.247 e. The number of hydrogen-bond acceptors (Lipinski definition) is 5. The lowest BCUT2D eigenvalue weighted by Gasteiger charge is -2.51. The maximum atomic E-state index is 11.8. The van der Waals surface area contributed by atoms with Crippen molar-refractivity contribution in [2.75, 3.05) is 0 Å². The number of carbonyl (C=O) groups excluding carboxylic acids is 1. The number of fused-ring (bicyclic) bond motifs is 5. The maximum Gasteiger partial charge on any atom is 0.247 e. The summed E-state index contributed by atoms with van der Waals surface area (Å²) in [7, 11) is 0. The lowest BCUT2D eigenvalue weighted by atomic mass is 9.53. The molecule has 5 N–H and O–H groups in total. The van der Waals surface area contributed by atoms with Crippen LogP contribution in [0.4, 0.5) is 0 Å².